The highest BCUT2D eigenvalue weighted by atomic mass is 19.3. The summed E-state index contributed by atoms with van der Waals surface area (Å²) < 4.78 is 29.5. The summed E-state index contributed by atoms with van der Waals surface area (Å²) in [6.07, 6.45) is -1.99. The van der Waals surface area contributed by atoms with E-state index in [9.17, 15) is 33.4 Å². The lowest BCUT2D eigenvalue weighted by molar-refractivity contribution is -0.152. The summed E-state index contributed by atoms with van der Waals surface area (Å²) >= 11 is 0. The number of carbonyl (C=O) groups is 3. The van der Waals surface area contributed by atoms with Crippen LogP contribution in [0.3, 0.4) is 0 Å². The predicted molar refractivity (Wildman–Crippen MR) is 144 cm³/mol. The molecule has 0 saturated carbocycles. The number of rotatable bonds is 12. The molecule has 214 valence electrons. The van der Waals surface area contributed by atoms with Crippen molar-refractivity contribution >= 4 is 17.7 Å². The number of carbonyl (C=O) groups excluding carboxylic acids is 3. The van der Waals surface area contributed by atoms with E-state index in [1.54, 1.807) is 50.2 Å². The van der Waals surface area contributed by atoms with Crippen molar-refractivity contribution in [1.82, 2.24) is 15.5 Å². The number of amides is 3. The number of halogens is 2. The molecule has 0 radical (unpaired) electrons. The SMILES string of the molecule is Cc1cc(O)c(C)c(C(=O)NC(c2ccccc2)[C@H](O)C(=O)N(CC(=O)NCC(C)C)CC(F)(F)C(C)C)c1. The Morgan fingerprint density at radius 1 is 1.03 bits per heavy atom. The van der Waals surface area contributed by atoms with Crippen LogP contribution in [0.1, 0.15) is 60.8 Å². The Bertz CT molecular complexity index is 1160. The van der Waals surface area contributed by atoms with E-state index in [1.807, 2.05) is 13.8 Å². The van der Waals surface area contributed by atoms with Crippen molar-refractivity contribution in [3.8, 4) is 5.75 Å². The zero-order chi connectivity index (χ0) is 29.5. The molecule has 0 aromatic heterocycles. The maximum Gasteiger partial charge on any atom is 0.267 e. The molecule has 0 saturated heterocycles. The third-order valence-electron chi connectivity index (χ3n) is 6.38. The van der Waals surface area contributed by atoms with Gasteiger partial charge in [-0.15, -0.1) is 0 Å². The van der Waals surface area contributed by atoms with E-state index in [2.05, 4.69) is 10.6 Å². The quantitative estimate of drug-likeness (QED) is 0.323. The summed E-state index contributed by atoms with van der Waals surface area (Å²) in [5.74, 6) is -6.92. The summed E-state index contributed by atoms with van der Waals surface area (Å²) in [6.45, 7) is 8.07. The molecule has 2 rings (SSSR count). The van der Waals surface area contributed by atoms with Crippen molar-refractivity contribution in [3.05, 3.63) is 64.7 Å². The molecule has 2 aromatic carbocycles. The summed E-state index contributed by atoms with van der Waals surface area (Å²) in [5.41, 5.74) is 1.39. The number of benzene rings is 2. The molecular weight excluding hydrogens is 508 g/mol. The molecule has 1 unspecified atom stereocenters. The van der Waals surface area contributed by atoms with Gasteiger partial charge in [-0.1, -0.05) is 58.0 Å². The first-order valence-electron chi connectivity index (χ1n) is 12.9. The first-order valence-corrected chi connectivity index (χ1v) is 12.9. The number of phenols is 1. The van der Waals surface area contributed by atoms with Crippen molar-refractivity contribution in [2.45, 2.75) is 59.6 Å². The van der Waals surface area contributed by atoms with Crippen LogP contribution in [0.5, 0.6) is 5.75 Å². The van der Waals surface area contributed by atoms with Crippen molar-refractivity contribution in [1.29, 1.82) is 0 Å². The Hall–Kier alpha value is -3.53. The lowest BCUT2D eigenvalue weighted by atomic mass is 9.97. The van der Waals surface area contributed by atoms with Gasteiger partial charge in [0.15, 0.2) is 6.10 Å². The van der Waals surface area contributed by atoms with E-state index < -0.39 is 54.8 Å². The number of hydrogen-bond donors (Lipinski definition) is 4. The average molecular weight is 548 g/mol. The van der Waals surface area contributed by atoms with Gasteiger partial charge in [-0.05, 0) is 43.0 Å². The third kappa shape index (κ3) is 8.74. The molecule has 3 amide bonds. The van der Waals surface area contributed by atoms with Crippen LogP contribution in [-0.4, -0.2) is 64.5 Å². The van der Waals surface area contributed by atoms with E-state index in [-0.39, 0.29) is 23.8 Å². The molecule has 0 heterocycles. The van der Waals surface area contributed by atoms with Gasteiger partial charge in [-0.25, -0.2) is 8.78 Å². The smallest absolute Gasteiger partial charge is 0.267 e. The van der Waals surface area contributed by atoms with Gasteiger partial charge in [0.1, 0.15) is 5.75 Å². The van der Waals surface area contributed by atoms with Gasteiger partial charge in [0.05, 0.1) is 19.1 Å². The largest absolute Gasteiger partial charge is 0.508 e. The molecule has 0 aliphatic carbocycles. The highest BCUT2D eigenvalue weighted by Gasteiger charge is 2.41. The second-order valence-electron chi connectivity index (χ2n) is 10.6. The van der Waals surface area contributed by atoms with Crippen LogP contribution < -0.4 is 10.6 Å². The van der Waals surface area contributed by atoms with E-state index in [4.69, 9.17) is 0 Å². The van der Waals surface area contributed by atoms with Gasteiger partial charge in [-0.2, -0.15) is 0 Å². The second-order valence-corrected chi connectivity index (χ2v) is 10.6. The number of hydrogen-bond acceptors (Lipinski definition) is 5. The van der Waals surface area contributed by atoms with Crippen LogP contribution in [0.25, 0.3) is 0 Å². The number of alkyl halides is 2. The van der Waals surface area contributed by atoms with Crippen LogP contribution >= 0.6 is 0 Å². The Morgan fingerprint density at radius 2 is 1.64 bits per heavy atom. The maximum absolute atomic E-state index is 14.8. The van der Waals surface area contributed by atoms with Gasteiger partial charge in [0.2, 0.25) is 5.91 Å². The molecule has 39 heavy (non-hydrogen) atoms. The molecule has 0 spiro atoms. The molecule has 0 bridgehead atoms. The minimum Gasteiger partial charge on any atom is -0.508 e. The average Bonchev–Trinajstić information content (AvgIpc) is 2.87. The zero-order valence-corrected chi connectivity index (χ0v) is 23.3. The normalized spacial score (nSPS) is 13.2. The van der Waals surface area contributed by atoms with Crippen molar-refractivity contribution in [3.63, 3.8) is 0 Å². The van der Waals surface area contributed by atoms with Gasteiger partial charge in [0.25, 0.3) is 17.7 Å². The minimum absolute atomic E-state index is 0.0949. The molecule has 2 aromatic rings. The fraction of sp³-hybridized carbons (Fsp3) is 0.483. The van der Waals surface area contributed by atoms with Crippen molar-refractivity contribution < 1.29 is 33.4 Å². The lowest BCUT2D eigenvalue weighted by Gasteiger charge is -2.33. The number of aliphatic hydroxyl groups is 1. The maximum atomic E-state index is 14.8. The molecule has 2 atom stereocenters. The Kier molecular flexibility index (Phi) is 11.0. The first kappa shape index (κ1) is 31.7. The Balaban J connectivity index is 2.43. The van der Waals surface area contributed by atoms with Crippen LogP contribution in [-0.2, 0) is 9.59 Å². The van der Waals surface area contributed by atoms with E-state index >= 15 is 0 Å². The predicted octanol–water partition coefficient (Wildman–Crippen LogP) is 3.73. The van der Waals surface area contributed by atoms with Gasteiger partial charge in [-0.3, -0.25) is 14.4 Å². The lowest BCUT2D eigenvalue weighted by Crippen LogP contribution is -2.53. The van der Waals surface area contributed by atoms with E-state index in [0.717, 1.165) is 0 Å². The van der Waals surface area contributed by atoms with E-state index in [0.29, 0.717) is 21.6 Å². The van der Waals surface area contributed by atoms with Crippen molar-refractivity contribution in [2.75, 3.05) is 19.6 Å². The topological polar surface area (TPSA) is 119 Å². The Labute approximate surface area is 228 Å². The highest BCUT2D eigenvalue weighted by molar-refractivity contribution is 5.97. The molecule has 0 fully saturated rings. The van der Waals surface area contributed by atoms with Gasteiger partial charge >= 0.3 is 0 Å². The molecule has 0 aliphatic heterocycles. The molecule has 4 N–H and O–H groups in total. The molecular formula is C29H39F2N3O5. The molecule has 8 nitrogen and oxygen atoms in total. The second kappa shape index (κ2) is 13.5. The number of nitrogens with zero attached hydrogens (tertiary/aromatic N) is 1. The van der Waals surface area contributed by atoms with Crippen molar-refractivity contribution in [2.24, 2.45) is 11.8 Å². The number of phenolic OH excluding ortho intramolecular Hbond substituents is 1. The minimum atomic E-state index is -3.34. The van der Waals surface area contributed by atoms with Crippen LogP contribution in [0.4, 0.5) is 8.78 Å². The summed E-state index contributed by atoms with van der Waals surface area (Å²) in [6, 6.07) is 9.84. The summed E-state index contributed by atoms with van der Waals surface area (Å²) in [4.78, 5) is 39.9. The van der Waals surface area contributed by atoms with Crippen LogP contribution in [0.15, 0.2) is 42.5 Å². The summed E-state index contributed by atoms with van der Waals surface area (Å²) in [5, 5.41) is 26.6. The fourth-order valence-electron chi connectivity index (χ4n) is 3.82. The van der Waals surface area contributed by atoms with Gasteiger partial charge < -0.3 is 25.7 Å². The fourth-order valence-corrected chi connectivity index (χ4v) is 3.82. The van der Waals surface area contributed by atoms with Crippen LogP contribution in [0, 0.1) is 25.7 Å². The standard InChI is InChI=1S/C29H39F2N3O5/c1-17(2)14-32-24(36)15-34(16-29(30,31)18(3)4)28(39)26(37)25(21-10-8-7-9-11-21)33-27(38)22-12-19(5)13-23(35)20(22)6/h7-13,17-18,25-26,35,37H,14-16H2,1-6H3,(H,32,36)(H,33,38)/t25?,26-/m0/s1. The molecule has 10 heteroatoms. The third-order valence-corrected chi connectivity index (χ3v) is 6.38. The van der Waals surface area contributed by atoms with Crippen LogP contribution in [0.2, 0.25) is 0 Å². The Morgan fingerprint density at radius 3 is 2.21 bits per heavy atom. The molecule has 0 aliphatic rings. The number of aryl methyl sites for hydroxylation is 1. The first-order chi connectivity index (χ1) is 18.1. The summed E-state index contributed by atoms with van der Waals surface area (Å²) in [7, 11) is 0. The monoisotopic (exact) mass is 547 g/mol. The van der Waals surface area contributed by atoms with E-state index in [1.165, 1.54) is 19.9 Å². The number of nitrogens with one attached hydrogen (secondary N) is 2. The highest BCUT2D eigenvalue weighted by Crippen LogP contribution is 2.28. The number of aromatic hydroxyl groups is 1. The number of aliphatic hydroxyl groups excluding tert-OH is 1. The van der Waals surface area contributed by atoms with Gasteiger partial charge in [0, 0.05) is 23.6 Å². The zero-order valence-electron chi connectivity index (χ0n) is 23.3.